The molecular weight excluding hydrogens is 901 g/mol. The average Bonchev–Trinajstić information content (AvgIpc) is 3.85. The van der Waals surface area contributed by atoms with E-state index in [2.05, 4.69) is 280 Å². The Labute approximate surface area is 445 Å². The highest BCUT2D eigenvalue weighted by Gasteiger charge is 2.37. The largest absolute Gasteiger partial charge is 0.457 e. The zero-order valence-electron chi connectivity index (χ0n) is 48.6. The van der Waals surface area contributed by atoms with Gasteiger partial charge in [-0.2, -0.15) is 0 Å². The molecule has 0 fully saturated rings. The van der Waals surface area contributed by atoms with E-state index in [9.17, 15) is 0 Å². The lowest BCUT2D eigenvalue weighted by Gasteiger charge is -2.32. The summed E-state index contributed by atoms with van der Waals surface area (Å²) in [5.41, 5.74) is 16.7. The standard InChI is InChI=1S/C69H84N4O/c1-63(2,3)45-26-29-58-55(37-45)54-28-27-52(40-59(54)73(58)62-38-46(30-31-70-62)64(4,5)6)74-53-36-49(69(19,20)44-24-22-21-23-25-44)35-51(39-53)72-43-71(50-33-47(65(7,8)9)32-48(34-50)66(10,11)12)60-41-56(67(13,14)15)57(42-61(60)72)68(16,17)18/h21-42H,43H2,1-20H3. The minimum absolute atomic E-state index is 0.00573. The summed E-state index contributed by atoms with van der Waals surface area (Å²) in [5.74, 6) is 2.46. The van der Waals surface area contributed by atoms with Crippen molar-refractivity contribution in [3.63, 3.8) is 0 Å². The van der Waals surface area contributed by atoms with E-state index in [-0.39, 0.29) is 37.9 Å². The second-order valence-corrected chi connectivity index (χ2v) is 28.1. The van der Waals surface area contributed by atoms with Crippen LogP contribution in [0.2, 0.25) is 0 Å². The molecule has 0 atom stereocenters. The molecule has 1 aliphatic heterocycles. The third kappa shape index (κ3) is 10.0. The predicted molar refractivity (Wildman–Crippen MR) is 318 cm³/mol. The Morgan fingerprint density at radius 3 is 1.45 bits per heavy atom. The van der Waals surface area contributed by atoms with Crippen LogP contribution in [0.5, 0.6) is 11.5 Å². The summed E-state index contributed by atoms with van der Waals surface area (Å²) in [6, 6.07) is 48.1. The quantitative estimate of drug-likeness (QED) is 0.159. The molecular formula is C69H84N4O. The first-order valence-corrected chi connectivity index (χ1v) is 27.0. The zero-order chi connectivity index (χ0) is 53.9. The van der Waals surface area contributed by atoms with Crippen LogP contribution in [-0.4, -0.2) is 16.2 Å². The lowest BCUT2D eigenvalue weighted by molar-refractivity contribution is 0.480. The SMILES string of the molecule is CC(C)(C)c1cc(N2CN(c3cc(Oc4ccc5c6cc(C(C)(C)C)ccc6n(-c6cc(C(C)(C)C)ccn6)c5c4)cc(C(C)(C)c4ccccc4)c3)c3cc(C(C)(C)C)c(C(C)(C)C)cc32)cc(C(C)(C)C)c1. The maximum absolute atomic E-state index is 7.27. The molecule has 5 nitrogen and oxygen atoms in total. The van der Waals surface area contributed by atoms with Crippen molar-refractivity contribution < 1.29 is 4.74 Å². The highest BCUT2D eigenvalue weighted by Crippen LogP contribution is 2.52. The van der Waals surface area contributed by atoms with Gasteiger partial charge in [0.05, 0.1) is 22.4 Å². The summed E-state index contributed by atoms with van der Waals surface area (Å²) < 4.78 is 9.60. The van der Waals surface area contributed by atoms with Crippen LogP contribution in [0.4, 0.5) is 22.7 Å². The molecule has 0 saturated heterocycles. The maximum Gasteiger partial charge on any atom is 0.137 e. The van der Waals surface area contributed by atoms with Crippen molar-refractivity contribution in [2.75, 3.05) is 16.5 Å². The van der Waals surface area contributed by atoms with Crippen LogP contribution in [0.1, 0.15) is 183 Å². The molecule has 2 aromatic heterocycles. The number of aromatic nitrogens is 2. The van der Waals surface area contributed by atoms with E-state index in [1.807, 2.05) is 6.20 Å². The molecule has 0 bridgehead atoms. The number of ether oxygens (including phenoxy) is 1. The summed E-state index contributed by atoms with van der Waals surface area (Å²) in [6.07, 6.45) is 1.95. The first-order chi connectivity index (χ1) is 34.2. The van der Waals surface area contributed by atoms with Gasteiger partial charge < -0.3 is 14.5 Å². The van der Waals surface area contributed by atoms with E-state index in [1.54, 1.807) is 0 Å². The Morgan fingerprint density at radius 1 is 0.378 bits per heavy atom. The van der Waals surface area contributed by atoms with Crippen LogP contribution in [0.25, 0.3) is 27.6 Å². The van der Waals surface area contributed by atoms with E-state index < -0.39 is 0 Å². The molecule has 8 aromatic rings. The number of hydrogen-bond donors (Lipinski definition) is 0. The van der Waals surface area contributed by atoms with Gasteiger partial charge in [0, 0.05) is 45.9 Å². The van der Waals surface area contributed by atoms with Gasteiger partial charge in [0.25, 0.3) is 0 Å². The Hall–Kier alpha value is -6.33. The normalized spacial score (nSPS) is 14.1. The summed E-state index contributed by atoms with van der Waals surface area (Å²) in [6.45, 7) is 47.1. The summed E-state index contributed by atoms with van der Waals surface area (Å²) >= 11 is 0. The van der Waals surface area contributed by atoms with Crippen molar-refractivity contribution in [3.05, 3.63) is 178 Å². The van der Waals surface area contributed by atoms with Crippen molar-refractivity contribution >= 4 is 44.6 Å². The first kappa shape index (κ1) is 52.5. The molecule has 5 heteroatoms. The van der Waals surface area contributed by atoms with E-state index >= 15 is 0 Å². The molecule has 0 unspecified atom stereocenters. The fraction of sp³-hybridized carbons (Fsp3) is 0.406. The van der Waals surface area contributed by atoms with Crippen LogP contribution in [0.15, 0.2) is 134 Å². The molecule has 1 aliphatic rings. The maximum atomic E-state index is 7.27. The van der Waals surface area contributed by atoms with Gasteiger partial charge >= 0.3 is 0 Å². The van der Waals surface area contributed by atoms with E-state index in [0.717, 1.165) is 34.0 Å². The molecule has 0 aliphatic carbocycles. The van der Waals surface area contributed by atoms with Gasteiger partial charge in [-0.15, -0.1) is 0 Å². The van der Waals surface area contributed by atoms with Crippen molar-refractivity contribution in [1.82, 2.24) is 9.55 Å². The molecule has 0 radical (unpaired) electrons. The van der Waals surface area contributed by atoms with Gasteiger partial charge in [0.2, 0.25) is 0 Å². The Morgan fingerprint density at radius 2 is 0.905 bits per heavy atom. The Kier molecular flexibility index (Phi) is 12.7. The summed E-state index contributed by atoms with van der Waals surface area (Å²) in [4.78, 5) is 10.1. The van der Waals surface area contributed by atoms with Crippen molar-refractivity contribution in [2.45, 2.75) is 176 Å². The topological polar surface area (TPSA) is 33.5 Å². The molecule has 9 rings (SSSR count). The predicted octanol–water partition coefficient (Wildman–Crippen LogP) is 19.3. The van der Waals surface area contributed by atoms with Gasteiger partial charge in [0.1, 0.15) is 24.0 Å². The van der Waals surface area contributed by atoms with Crippen LogP contribution in [0, 0.1) is 0 Å². The zero-order valence-corrected chi connectivity index (χ0v) is 48.6. The fourth-order valence-electron chi connectivity index (χ4n) is 10.7. The van der Waals surface area contributed by atoms with E-state index in [4.69, 9.17) is 9.72 Å². The third-order valence-electron chi connectivity index (χ3n) is 15.7. The minimum atomic E-state index is -0.349. The first-order valence-electron chi connectivity index (χ1n) is 27.0. The van der Waals surface area contributed by atoms with Gasteiger partial charge in [-0.25, -0.2) is 4.98 Å². The number of pyridine rings is 1. The molecule has 3 heterocycles. The second-order valence-electron chi connectivity index (χ2n) is 28.1. The fourth-order valence-corrected chi connectivity index (χ4v) is 10.7. The summed E-state index contributed by atoms with van der Waals surface area (Å²) in [7, 11) is 0. The monoisotopic (exact) mass is 985 g/mol. The molecule has 0 N–H and O–H groups in total. The number of benzene rings is 6. The van der Waals surface area contributed by atoms with Gasteiger partial charge in [-0.3, -0.25) is 4.57 Å². The second kappa shape index (κ2) is 17.9. The molecule has 386 valence electrons. The average molecular weight is 985 g/mol. The van der Waals surface area contributed by atoms with Crippen molar-refractivity contribution in [2.24, 2.45) is 0 Å². The molecule has 0 amide bonds. The van der Waals surface area contributed by atoms with Gasteiger partial charge in [-0.1, -0.05) is 181 Å². The van der Waals surface area contributed by atoms with Crippen LogP contribution in [0.3, 0.4) is 0 Å². The van der Waals surface area contributed by atoms with Crippen LogP contribution in [-0.2, 0) is 37.9 Å². The Bertz CT molecular complexity index is 3390. The van der Waals surface area contributed by atoms with E-state index in [1.165, 1.54) is 72.3 Å². The smallest absolute Gasteiger partial charge is 0.137 e. The molecule has 0 saturated carbocycles. The highest BCUT2D eigenvalue weighted by molar-refractivity contribution is 6.10. The number of hydrogen-bond acceptors (Lipinski definition) is 4. The van der Waals surface area contributed by atoms with Crippen molar-refractivity contribution in [3.8, 4) is 17.3 Å². The molecule has 0 spiro atoms. The van der Waals surface area contributed by atoms with Gasteiger partial charge in [0.15, 0.2) is 0 Å². The highest BCUT2D eigenvalue weighted by atomic mass is 16.5. The lowest BCUT2D eigenvalue weighted by atomic mass is 9.74. The third-order valence-corrected chi connectivity index (χ3v) is 15.7. The van der Waals surface area contributed by atoms with Crippen LogP contribution >= 0.6 is 0 Å². The van der Waals surface area contributed by atoms with Gasteiger partial charge in [-0.05, 0) is 150 Å². The Balaban J connectivity index is 1.26. The lowest BCUT2D eigenvalue weighted by Crippen LogP contribution is -2.26. The van der Waals surface area contributed by atoms with Crippen LogP contribution < -0.4 is 14.5 Å². The molecule has 74 heavy (non-hydrogen) atoms. The van der Waals surface area contributed by atoms with E-state index in [0.29, 0.717) is 6.67 Å². The van der Waals surface area contributed by atoms with Crippen molar-refractivity contribution in [1.29, 1.82) is 0 Å². The number of nitrogens with zero attached hydrogens (tertiary/aromatic N) is 4. The number of rotatable bonds is 7. The number of fused-ring (bicyclic) bond motifs is 4. The molecule has 6 aromatic carbocycles. The minimum Gasteiger partial charge on any atom is -0.457 e. The summed E-state index contributed by atoms with van der Waals surface area (Å²) in [5, 5.41) is 2.38. The number of anilines is 4.